The first-order valence-electron chi connectivity index (χ1n) is 9.80. The molecule has 0 spiro atoms. The quantitative estimate of drug-likeness (QED) is 0.283. The van der Waals surface area contributed by atoms with Crippen molar-refractivity contribution in [3.8, 4) is 17.6 Å². The highest BCUT2D eigenvalue weighted by atomic mass is 35.5. The van der Waals surface area contributed by atoms with Crippen LogP contribution in [0.5, 0.6) is 11.5 Å². The second-order valence-electron chi connectivity index (χ2n) is 7.18. The van der Waals surface area contributed by atoms with Gasteiger partial charge in [0.15, 0.2) is 11.5 Å². The van der Waals surface area contributed by atoms with E-state index >= 15 is 0 Å². The highest BCUT2D eigenvalue weighted by Gasteiger charge is 2.14. The average molecular weight is 501 g/mol. The van der Waals surface area contributed by atoms with Crippen LogP contribution in [0, 0.1) is 18.3 Å². The van der Waals surface area contributed by atoms with Gasteiger partial charge < -0.3 is 14.5 Å². The fourth-order valence-corrected chi connectivity index (χ4v) is 3.77. The van der Waals surface area contributed by atoms with E-state index in [2.05, 4.69) is 16.0 Å². The zero-order chi connectivity index (χ0) is 22.7. The number of benzene rings is 3. The van der Waals surface area contributed by atoms with Crippen molar-refractivity contribution >= 4 is 58.3 Å². The molecular formula is C25H20Cl3N3O2. The molecule has 4 aromatic rings. The normalized spacial score (nSPS) is 11.1. The smallest absolute Gasteiger partial charge is 0.168 e. The molecule has 0 radical (unpaired) electrons. The van der Waals surface area contributed by atoms with Crippen LogP contribution in [0.25, 0.3) is 22.7 Å². The number of ether oxygens (including phenoxy) is 2. The zero-order valence-electron chi connectivity index (χ0n) is 17.9. The van der Waals surface area contributed by atoms with Gasteiger partial charge in [-0.1, -0.05) is 47.5 Å². The minimum absolute atomic E-state index is 0. The number of imidazole rings is 1. The molecule has 8 heteroatoms. The first-order valence-corrected chi connectivity index (χ1v) is 10.6. The van der Waals surface area contributed by atoms with E-state index in [1.165, 1.54) is 0 Å². The number of aromatic nitrogens is 2. The van der Waals surface area contributed by atoms with Crippen molar-refractivity contribution in [2.75, 3.05) is 7.11 Å². The van der Waals surface area contributed by atoms with Crippen molar-refractivity contribution in [1.29, 1.82) is 5.26 Å². The third-order valence-electron chi connectivity index (χ3n) is 4.93. The lowest BCUT2D eigenvalue weighted by Gasteiger charge is -2.14. The lowest BCUT2D eigenvalue weighted by molar-refractivity contribution is 0.284. The summed E-state index contributed by atoms with van der Waals surface area (Å²) in [5.41, 5.74) is 4.63. The van der Waals surface area contributed by atoms with Gasteiger partial charge in [-0.2, -0.15) is 5.26 Å². The van der Waals surface area contributed by atoms with E-state index in [1.807, 2.05) is 43.3 Å². The SMILES string of the molecule is COc1cccc(/C=C(\C#N)c2nc3ccc(C)cc3[nH]2)c1OCc1ccc(Cl)cc1Cl.Cl. The van der Waals surface area contributed by atoms with Crippen LogP contribution in [-0.2, 0) is 6.61 Å². The van der Waals surface area contributed by atoms with Crippen molar-refractivity contribution in [2.45, 2.75) is 13.5 Å². The number of para-hydroxylation sites is 1. The Bertz CT molecular complexity index is 1370. The summed E-state index contributed by atoms with van der Waals surface area (Å²) < 4.78 is 11.6. The third kappa shape index (κ3) is 5.43. The topological polar surface area (TPSA) is 70.9 Å². The molecule has 0 amide bonds. The molecule has 0 aliphatic heterocycles. The van der Waals surface area contributed by atoms with Gasteiger partial charge in [-0.3, -0.25) is 0 Å². The van der Waals surface area contributed by atoms with Crippen molar-refractivity contribution in [3.63, 3.8) is 0 Å². The monoisotopic (exact) mass is 499 g/mol. The van der Waals surface area contributed by atoms with Crippen LogP contribution in [0.2, 0.25) is 10.0 Å². The summed E-state index contributed by atoms with van der Waals surface area (Å²) in [5, 5.41) is 10.9. The predicted octanol–water partition coefficient (Wildman–Crippen LogP) is 7.25. The van der Waals surface area contributed by atoms with Crippen LogP contribution in [0.15, 0.2) is 54.6 Å². The van der Waals surface area contributed by atoms with Gasteiger partial charge in [-0.15, -0.1) is 12.4 Å². The molecule has 33 heavy (non-hydrogen) atoms. The third-order valence-corrected chi connectivity index (χ3v) is 5.52. The van der Waals surface area contributed by atoms with Crippen LogP contribution in [-0.4, -0.2) is 17.1 Å². The van der Waals surface area contributed by atoms with Gasteiger partial charge in [-0.05, 0) is 48.9 Å². The first kappa shape index (κ1) is 24.5. The van der Waals surface area contributed by atoms with Gasteiger partial charge in [0.2, 0.25) is 0 Å². The van der Waals surface area contributed by atoms with Gasteiger partial charge in [0.05, 0.1) is 23.7 Å². The number of nitriles is 1. The number of nitrogens with one attached hydrogen (secondary N) is 1. The number of H-pyrrole nitrogens is 1. The number of aryl methyl sites for hydroxylation is 1. The van der Waals surface area contributed by atoms with E-state index in [9.17, 15) is 5.26 Å². The minimum Gasteiger partial charge on any atom is -0.493 e. The number of nitrogens with zero attached hydrogens (tertiary/aromatic N) is 2. The Labute approximate surface area is 208 Å². The molecule has 0 aliphatic carbocycles. The van der Waals surface area contributed by atoms with Gasteiger partial charge in [0.25, 0.3) is 0 Å². The van der Waals surface area contributed by atoms with Gasteiger partial charge in [-0.25, -0.2) is 4.98 Å². The van der Waals surface area contributed by atoms with E-state index in [0.717, 1.165) is 22.2 Å². The van der Waals surface area contributed by atoms with Crippen LogP contribution in [0.3, 0.4) is 0 Å². The van der Waals surface area contributed by atoms with Gasteiger partial charge in [0, 0.05) is 21.2 Å². The summed E-state index contributed by atoms with van der Waals surface area (Å²) in [6, 6.07) is 18.9. The largest absolute Gasteiger partial charge is 0.493 e. The number of hydrogen-bond donors (Lipinski definition) is 1. The number of hydrogen-bond acceptors (Lipinski definition) is 4. The van der Waals surface area contributed by atoms with Crippen LogP contribution < -0.4 is 9.47 Å². The summed E-state index contributed by atoms with van der Waals surface area (Å²) in [5.74, 6) is 1.53. The average Bonchev–Trinajstić information content (AvgIpc) is 3.20. The van der Waals surface area contributed by atoms with Crippen molar-refractivity contribution in [1.82, 2.24) is 9.97 Å². The van der Waals surface area contributed by atoms with Crippen molar-refractivity contribution < 1.29 is 9.47 Å². The predicted molar refractivity (Wildman–Crippen MR) is 135 cm³/mol. The fraction of sp³-hybridized carbons (Fsp3) is 0.120. The van der Waals surface area contributed by atoms with Crippen LogP contribution in [0.4, 0.5) is 0 Å². The molecule has 5 nitrogen and oxygen atoms in total. The molecule has 0 saturated carbocycles. The molecule has 0 bridgehead atoms. The zero-order valence-corrected chi connectivity index (χ0v) is 20.2. The number of aromatic amines is 1. The van der Waals surface area contributed by atoms with Crippen molar-refractivity contribution in [2.24, 2.45) is 0 Å². The summed E-state index contributed by atoms with van der Waals surface area (Å²) in [7, 11) is 1.57. The Kier molecular flexibility index (Phi) is 7.88. The molecule has 0 fully saturated rings. The summed E-state index contributed by atoms with van der Waals surface area (Å²) >= 11 is 12.3. The second-order valence-corrected chi connectivity index (χ2v) is 8.02. The molecule has 0 saturated heterocycles. The Morgan fingerprint density at radius 1 is 1.15 bits per heavy atom. The van der Waals surface area contributed by atoms with E-state index in [-0.39, 0.29) is 19.0 Å². The molecule has 168 valence electrons. The Morgan fingerprint density at radius 3 is 2.70 bits per heavy atom. The van der Waals surface area contributed by atoms with Gasteiger partial charge >= 0.3 is 0 Å². The number of rotatable bonds is 6. The van der Waals surface area contributed by atoms with Crippen molar-refractivity contribution in [3.05, 3.63) is 87.2 Å². The molecule has 4 rings (SSSR count). The standard InChI is InChI=1S/C25H19Cl2N3O2.ClH/c1-15-6-9-21-22(10-15)30-25(29-21)18(13-28)11-16-4-3-5-23(31-2)24(16)32-14-17-7-8-19(26)12-20(17)27;/h3-12H,14H2,1-2H3,(H,29,30);1H/b18-11+;. The minimum atomic E-state index is 0. The summed E-state index contributed by atoms with van der Waals surface area (Å²) in [4.78, 5) is 7.78. The molecule has 1 heterocycles. The first-order chi connectivity index (χ1) is 15.5. The second kappa shape index (κ2) is 10.6. The van der Waals surface area contributed by atoms with E-state index in [0.29, 0.717) is 38.5 Å². The molecular weight excluding hydrogens is 481 g/mol. The Balaban J connectivity index is 0.00000306. The maximum atomic E-state index is 9.83. The maximum absolute atomic E-state index is 9.83. The molecule has 0 unspecified atom stereocenters. The molecule has 3 aromatic carbocycles. The highest BCUT2D eigenvalue weighted by molar-refractivity contribution is 6.35. The fourth-order valence-electron chi connectivity index (χ4n) is 3.31. The highest BCUT2D eigenvalue weighted by Crippen LogP contribution is 2.35. The maximum Gasteiger partial charge on any atom is 0.168 e. The van der Waals surface area contributed by atoms with E-state index in [1.54, 1.807) is 31.4 Å². The van der Waals surface area contributed by atoms with Crippen LogP contribution >= 0.6 is 35.6 Å². The lowest BCUT2D eigenvalue weighted by Crippen LogP contribution is -2.00. The van der Waals surface area contributed by atoms with Crippen LogP contribution in [0.1, 0.15) is 22.5 Å². The van der Waals surface area contributed by atoms with E-state index in [4.69, 9.17) is 32.7 Å². The molecule has 0 atom stereocenters. The summed E-state index contributed by atoms with van der Waals surface area (Å²) in [6.07, 6.45) is 1.73. The molecule has 0 aliphatic rings. The Morgan fingerprint density at radius 2 is 1.97 bits per heavy atom. The number of allylic oxidation sites excluding steroid dienone is 1. The number of methoxy groups -OCH3 is 1. The van der Waals surface area contributed by atoms with Gasteiger partial charge in [0.1, 0.15) is 18.5 Å². The molecule has 1 aromatic heterocycles. The van der Waals surface area contributed by atoms with E-state index < -0.39 is 0 Å². The number of halogens is 3. The Hall–Kier alpha value is -3.17. The molecule has 1 N–H and O–H groups in total. The number of fused-ring (bicyclic) bond motifs is 1. The lowest BCUT2D eigenvalue weighted by atomic mass is 10.1. The summed E-state index contributed by atoms with van der Waals surface area (Å²) in [6.45, 7) is 2.22.